The van der Waals surface area contributed by atoms with Crippen LogP contribution >= 0.6 is 11.3 Å². The number of hydrogen-bond donors (Lipinski definition) is 3. The molecule has 3 heterocycles. The normalized spacial score (nSPS) is 20.7. The van der Waals surface area contributed by atoms with Gasteiger partial charge in [-0.1, -0.05) is 0 Å². The zero-order valence-electron chi connectivity index (χ0n) is 21.1. The van der Waals surface area contributed by atoms with Gasteiger partial charge < -0.3 is 25.4 Å². The Hall–Kier alpha value is -2.73. The largest absolute Gasteiger partial charge is 0.491 e. The molecule has 204 valence electrons. The Balaban J connectivity index is 1.22. The van der Waals surface area contributed by atoms with Crippen molar-refractivity contribution in [1.29, 1.82) is 0 Å². The number of piperidine rings is 1. The van der Waals surface area contributed by atoms with Crippen LogP contribution in [0, 0.1) is 6.92 Å². The number of rotatable bonds is 8. The summed E-state index contributed by atoms with van der Waals surface area (Å²) in [5, 5.41) is 18.8. The SMILES string of the molecule is Cc1nc2cc(OCC(O)CC3(NC4CCN(c5ccc(C(F)(F)F)cc5)C4=O)CCNCC3)ccc2s1. The third-order valence-electron chi connectivity index (χ3n) is 7.29. The van der Waals surface area contributed by atoms with Gasteiger partial charge >= 0.3 is 6.18 Å². The van der Waals surface area contributed by atoms with E-state index >= 15 is 0 Å². The number of carbonyl (C=O) groups is 1. The number of aryl methyl sites for hydroxylation is 1. The number of amides is 1. The maximum atomic E-state index is 13.2. The number of ether oxygens (including phenoxy) is 1. The fourth-order valence-corrected chi connectivity index (χ4v) is 6.20. The van der Waals surface area contributed by atoms with Crippen LogP contribution in [0.4, 0.5) is 18.9 Å². The summed E-state index contributed by atoms with van der Waals surface area (Å²) in [5.41, 5.74) is 0.121. The minimum absolute atomic E-state index is 0.113. The Morgan fingerprint density at radius 3 is 2.68 bits per heavy atom. The van der Waals surface area contributed by atoms with E-state index in [2.05, 4.69) is 15.6 Å². The molecule has 2 saturated heterocycles. The van der Waals surface area contributed by atoms with Gasteiger partial charge in [-0.25, -0.2) is 4.98 Å². The highest BCUT2D eigenvalue weighted by Gasteiger charge is 2.41. The Labute approximate surface area is 223 Å². The number of carbonyl (C=O) groups excluding carboxylic acids is 1. The minimum atomic E-state index is -4.42. The van der Waals surface area contributed by atoms with Gasteiger partial charge in [0.25, 0.3) is 0 Å². The maximum Gasteiger partial charge on any atom is 0.416 e. The predicted octanol–water partition coefficient (Wildman–Crippen LogP) is 4.27. The van der Waals surface area contributed by atoms with E-state index in [0.717, 1.165) is 53.3 Å². The Morgan fingerprint density at radius 1 is 1.24 bits per heavy atom. The number of halogens is 3. The summed E-state index contributed by atoms with van der Waals surface area (Å²) < 4.78 is 45.8. The summed E-state index contributed by atoms with van der Waals surface area (Å²) in [6.07, 6.45) is -2.76. The molecule has 2 unspecified atom stereocenters. The predicted molar refractivity (Wildman–Crippen MR) is 141 cm³/mol. The molecule has 2 aromatic carbocycles. The lowest BCUT2D eigenvalue weighted by Crippen LogP contribution is -2.59. The Kier molecular flexibility index (Phi) is 7.63. The first-order valence-corrected chi connectivity index (χ1v) is 13.6. The Bertz CT molecular complexity index is 1270. The molecule has 2 atom stereocenters. The van der Waals surface area contributed by atoms with Crippen molar-refractivity contribution in [2.24, 2.45) is 0 Å². The minimum Gasteiger partial charge on any atom is -0.491 e. The number of anilines is 1. The molecule has 0 radical (unpaired) electrons. The molecule has 3 aromatic rings. The lowest BCUT2D eigenvalue weighted by molar-refractivity contribution is -0.137. The van der Waals surface area contributed by atoms with Crippen LogP contribution in [0.3, 0.4) is 0 Å². The van der Waals surface area contributed by atoms with Gasteiger partial charge in [-0.05, 0) is 82.1 Å². The van der Waals surface area contributed by atoms with E-state index in [1.165, 1.54) is 17.0 Å². The summed E-state index contributed by atoms with van der Waals surface area (Å²) in [6.45, 7) is 3.99. The standard InChI is InChI=1S/C27H31F3N4O3S/c1-17-32-23-14-21(6-7-24(23)38-17)37-16-20(35)15-26(9-11-31-12-10-26)33-22-8-13-34(25(22)36)19-4-2-18(3-5-19)27(28,29)30/h2-7,14,20,22,31,33,35H,8-13,15-16H2,1H3. The average Bonchev–Trinajstić information content (AvgIpc) is 3.43. The second-order valence-corrected chi connectivity index (χ2v) is 11.3. The number of hydrogen-bond acceptors (Lipinski definition) is 7. The van der Waals surface area contributed by atoms with Gasteiger partial charge in [-0.2, -0.15) is 13.2 Å². The molecule has 3 N–H and O–H groups in total. The number of nitrogens with zero attached hydrogens (tertiary/aromatic N) is 2. The molecule has 0 spiro atoms. The van der Waals surface area contributed by atoms with Crippen LogP contribution in [-0.4, -0.2) is 59.9 Å². The van der Waals surface area contributed by atoms with E-state index in [-0.39, 0.29) is 12.5 Å². The topological polar surface area (TPSA) is 86.7 Å². The molecule has 0 bridgehead atoms. The van der Waals surface area contributed by atoms with Crippen molar-refractivity contribution in [2.75, 3.05) is 31.1 Å². The molecule has 1 amide bonds. The molecule has 38 heavy (non-hydrogen) atoms. The van der Waals surface area contributed by atoms with Crippen LogP contribution in [0.25, 0.3) is 10.2 Å². The monoisotopic (exact) mass is 548 g/mol. The summed E-state index contributed by atoms with van der Waals surface area (Å²) in [7, 11) is 0. The van der Waals surface area contributed by atoms with Gasteiger partial charge in [0.15, 0.2) is 0 Å². The highest BCUT2D eigenvalue weighted by Crippen LogP contribution is 2.33. The lowest BCUT2D eigenvalue weighted by Gasteiger charge is -2.41. The van der Waals surface area contributed by atoms with Crippen molar-refractivity contribution >= 4 is 33.1 Å². The van der Waals surface area contributed by atoms with Crippen LogP contribution in [-0.2, 0) is 11.0 Å². The zero-order chi connectivity index (χ0) is 26.9. The second kappa shape index (κ2) is 10.8. The smallest absolute Gasteiger partial charge is 0.416 e. The molecular formula is C27H31F3N4O3S. The first-order valence-electron chi connectivity index (χ1n) is 12.8. The van der Waals surface area contributed by atoms with Crippen molar-refractivity contribution in [2.45, 2.75) is 56.5 Å². The summed E-state index contributed by atoms with van der Waals surface area (Å²) >= 11 is 1.62. The number of benzene rings is 2. The number of fused-ring (bicyclic) bond motifs is 1. The van der Waals surface area contributed by atoms with Crippen molar-refractivity contribution in [3.63, 3.8) is 0 Å². The molecule has 2 aliphatic heterocycles. The number of aliphatic hydroxyl groups excluding tert-OH is 1. The summed E-state index contributed by atoms with van der Waals surface area (Å²) in [5.74, 6) is 0.479. The molecule has 0 aliphatic carbocycles. The van der Waals surface area contributed by atoms with Crippen molar-refractivity contribution in [3.05, 3.63) is 53.0 Å². The average molecular weight is 549 g/mol. The van der Waals surface area contributed by atoms with Gasteiger partial charge in [0, 0.05) is 23.8 Å². The quantitative estimate of drug-likeness (QED) is 0.390. The molecular weight excluding hydrogens is 517 g/mol. The number of thiazole rings is 1. The van der Waals surface area contributed by atoms with E-state index in [9.17, 15) is 23.1 Å². The van der Waals surface area contributed by atoms with Crippen LogP contribution in [0.5, 0.6) is 5.75 Å². The number of aliphatic hydroxyl groups is 1. The maximum absolute atomic E-state index is 13.2. The highest BCUT2D eigenvalue weighted by molar-refractivity contribution is 7.18. The van der Waals surface area contributed by atoms with E-state index in [1.54, 1.807) is 11.3 Å². The van der Waals surface area contributed by atoms with Crippen molar-refractivity contribution < 1.29 is 27.8 Å². The molecule has 5 rings (SSSR count). The van der Waals surface area contributed by atoms with E-state index in [1.807, 2.05) is 25.1 Å². The molecule has 11 heteroatoms. The van der Waals surface area contributed by atoms with Crippen LogP contribution in [0.15, 0.2) is 42.5 Å². The second-order valence-electron chi connectivity index (χ2n) is 10.1. The molecule has 0 saturated carbocycles. The van der Waals surface area contributed by atoms with Crippen LogP contribution in [0.1, 0.15) is 36.3 Å². The molecule has 1 aromatic heterocycles. The van der Waals surface area contributed by atoms with Gasteiger partial charge in [0.05, 0.1) is 32.9 Å². The van der Waals surface area contributed by atoms with E-state index in [4.69, 9.17) is 4.74 Å². The number of alkyl halides is 3. The Morgan fingerprint density at radius 2 is 1.97 bits per heavy atom. The van der Waals surface area contributed by atoms with Gasteiger partial charge in [0.2, 0.25) is 5.91 Å². The molecule has 2 fully saturated rings. The van der Waals surface area contributed by atoms with E-state index in [0.29, 0.717) is 30.8 Å². The number of nitrogens with one attached hydrogen (secondary N) is 2. The lowest BCUT2D eigenvalue weighted by atomic mass is 9.82. The van der Waals surface area contributed by atoms with Crippen LogP contribution < -0.4 is 20.3 Å². The third kappa shape index (κ3) is 5.96. The zero-order valence-corrected chi connectivity index (χ0v) is 21.9. The first kappa shape index (κ1) is 26.9. The molecule has 2 aliphatic rings. The summed E-state index contributed by atoms with van der Waals surface area (Å²) in [4.78, 5) is 19.3. The summed E-state index contributed by atoms with van der Waals surface area (Å²) in [6, 6.07) is 9.92. The van der Waals surface area contributed by atoms with Crippen molar-refractivity contribution in [1.82, 2.24) is 15.6 Å². The van der Waals surface area contributed by atoms with Gasteiger partial charge in [-0.15, -0.1) is 11.3 Å². The van der Waals surface area contributed by atoms with Gasteiger partial charge in [0.1, 0.15) is 12.4 Å². The number of aromatic nitrogens is 1. The van der Waals surface area contributed by atoms with Crippen molar-refractivity contribution in [3.8, 4) is 5.75 Å². The van der Waals surface area contributed by atoms with Gasteiger partial charge in [-0.3, -0.25) is 4.79 Å². The highest BCUT2D eigenvalue weighted by atomic mass is 32.1. The van der Waals surface area contributed by atoms with Crippen LogP contribution in [0.2, 0.25) is 0 Å². The fourth-order valence-electron chi connectivity index (χ4n) is 5.40. The third-order valence-corrected chi connectivity index (χ3v) is 8.24. The molecule has 7 nitrogen and oxygen atoms in total. The van der Waals surface area contributed by atoms with E-state index < -0.39 is 29.4 Å². The first-order chi connectivity index (χ1) is 18.1. The fraction of sp³-hybridized carbons (Fsp3) is 0.481.